The van der Waals surface area contributed by atoms with Crippen LogP contribution in [0.3, 0.4) is 0 Å². The molecule has 0 aromatic heterocycles. The van der Waals surface area contributed by atoms with Gasteiger partial charge in [0, 0.05) is 24.3 Å². The van der Waals surface area contributed by atoms with Gasteiger partial charge in [-0.2, -0.15) is 0 Å². The van der Waals surface area contributed by atoms with Crippen molar-refractivity contribution >= 4 is 5.69 Å². The molecule has 0 bridgehead atoms. The zero-order valence-corrected chi connectivity index (χ0v) is 11.7. The highest BCUT2D eigenvalue weighted by atomic mass is 16.5. The molecular formula is C15H24N2O. The maximum absolute atomic E-state index is 5.47. The van der Waals surface area contributed by atoms with Crippen LogP contribution in [0.2, 0.25) is 0 Å². The summed E-state index contributed by atoms with van der Waals surface area (Å²) < 4.78 is 5.47. The Labute approximate surface area is 110 Å². The Balaban J connectivity index is 1.97. The van der Waals surface area contributed by atoms with Crippen molar-refractivity contribution in [3.63, 3.8) is 0 Å². The molecule has 1 N–H and O–H groups in total. The topological polar surface area (TPSA) is 24.5 Å². The maximum atomic E-state index is 5.47. The molecule has 0 amide bonds. The lowest BCUT2D eigenvalue weighted by Gasteiger charge is -2.40. The van der Waals surface area contributed by atoms with Crippen molar-refractivity contribution in [3.05, 3.63) is 24.3 Å². The molecule has 1 fully saturated rings. The van der Waals surface area contributed by atoms with E-state index in [0.29, 0.717) is 5.54 Å². The van der Waals surface area contributed by atoms with Crippen LogP contribution in [0.15, 0.2) is 24.3 Å². The van der Waals surface area contributed by atoms with Crippen molar-refractivity contribution in [1.82, 2.24) is 5.32 Å². The second-order valence-corrected chi connectivity index (χ2v) is 5.22. The van der Waals surface area contributed by atoms with Gasteiger partial charge in [-0.1, -0.05) is 0 Å². The van der Waals surface area contributed by atoms with Crippen LogP contribution in [0.25, 0.3) is 0 Å². The molecule has 1 heterocycles. The molecule has 1 aromatic carbocycles. The fraction of sp³-hybridized carbons (Fsp3) is 0.600. The summed E-state index contributed by atoms with van der Waals surface area (Å²) in [5.74, 6) is 0.957. The highest BCUT2D eigenvalue weighted by Crippen LogP contribution is 2.27. The summed E-state index contributed by atoms with van der Waals surface area (Å²) in [6.45, 7) is 7.28. The Morgan fingerprint density at radius 1 is 1.22 bits per heavy atom. The highest BCUT2D eigenvalue weighted by Gasteiger charge is 2.28. The highest BCUT2D eigenvalue weighted by molar-refractivity contribution is 5.49. The SMILES string of the molecule is CCOc1ccc(N2CCC(C)(NC)CC2)cc1. The Kier molecular flexibility index (Phi) is 4.12. The van der Waals surface area contributed by atoms with Crippen molar-refractivity contribution in [2.45, 2.75) is 32.2 Å². The molecule has 1 aliphatic heterocycles. The van der Waals surface area contributed by atoms with Gasteiger partial charge in [-0.25, -0.2) is 0 Å². The minimum atomic E-state index is 0.307. The van der Waals surface area contributed by atoms with Gasteiger partial charge in [0.15, 0.2) is 0 Å². The molecule has 18 heavy (non-hydrogen) atoms. The van der Waals surface area contributed by atoms with Gasteiger partial charge in [-0.3, -0.25) is 0 Å². The molecule has 100 valence electrons. The molecule has 0 saturated carbocycles. The van der Waals surface area contributed by atoms with Crippen LogP contribution in [-0.4, -0.2) is 32.3 Å². The van der Waals surface area contributed by atoms with Crippen LogP contribution in [0.4, 0.5) is 5.69 Å². The lowest BCUT2D eigenvalue weighted by Crippen LogP contribution is -2.50. The van der Waals surface area contributed by atoms with Gasteiger partial charge in [0.2, 0.25) is 0 Å². The van der Waals surface area contributed by atoms with E-state index in [1.165, 1.54) is 18.5 Å². The minimum absolute atomic E-state index is 0.307. The first kappa shape index (κ1) is 13.2. The summed E-state index contributed by atoms with van der Waals surface area (Å²) in [5, 5.41) is 3.43. The van der Waals surface area contributed by atoms with E-state index in [9.17, 15) is 0 Å². The smallest absolute Gasteiger partial charge is 0.119 e. The average molecular weight is 248 g/mol. The summed E-state index contributed by atoms with van der Waals surface area (Å²) in [6, 6.07) is 8.44. The number of ether oxygens (including phenoxy) is 1. The first-order chi connectivity index (χ1) is 8.67. The van der Waals surface area contributed by atoms with Crippen LogP contribution in [-0.2, 0) is 0 Å². The van der Waals surface area contributed by atoms with Crippen molar-refractivity contribution in [2.75, 3.05) is 31.6 Å². The molecule has 3 heteroatoms. The van der Waals surface area contributed by atoms with Crippen molar-refractivity contribution < 1.29 is 4.74 Å². The largest absolute Gasteiger partial charge is 0.494 e. The third-order valence-corrected chi connectivity index (χ3v) is 3.98. The van der Waals surface area contributed by atoms with E-state index in [1.807, 2.05) is 6.92 Å². The molecule has 0 radical (unpaired) electrons. The lowest BCUT2D eigenvalue weighted by atomic mass is 9.89. The summed E-state index contributed by atoms with van der Waals surface area (Å²) in [4.78, 5) is 2.45. The quantitative estimate of drug-likeness (QED) is 0.886. The number of anilines is 1. The van der Waals surface area contributed by atoms with Crippen molar-refractivity contribution in [3.8, 4) is 5.75 Å². The monoisotopic (exact) mass is 248 g/mol. The number of nitrogens with zero attached hydrogens (tertiary/aromatic N) is 1. The second-order valence-electron chi connectivity index (χ2n) is 5.22. The van der Waals surface area contributed by atoms with Crippen LogP contribution in [0.5, 0.6) is 5.75 Å². The standard InChI is InChI=1S/C15H24N2O/c1-4-18-14-7-5-13(6-8-14)17-11-9-15(2,16-3)10-12-17/h5-8,16H,4,9-12H2,1-3H3. The zero-order chi connectivity index (χ0) is 13.0. The van der Waals surface area contributed by atoms with Gasteiger partial charge in [0.25, 0.3) is 0 Å². The zero-order valence-electron chi connectivity index (χ0n) is 11.7. The Morgan fingerprint density at radius 3 is 2.33 bits per heavy atom. The van der Waals surface area contributed by atoms with E-state index in [4.69, 9.17) is 4.74 Å². The number of hydrogen-bond donors (Lipinski definition) is 1. The number of hydrogen-bond acceptors (Lipinski definition) is 3. The van der Waals surface area contributed by atoms with Gasteiger partial charge in [0.05, 0.1) is 6.61 Å². The van der Waals surface area contributed by atoms with Crippen LogP contribution >= 0.6 is 0 Å². The average Bonchev–Trinajstić information content (AvgIpc) is 2.41. The summed E-state index contributed by atoms with van der Waals surface area (Å²) in [5.41, 5.74) is 1.61. The third kappa shape index (κ3) is 2.96. The number of piperidine rings is 1. The van der Waals surface area contributed by atoms with Gasteiger partial charge in [-0.15, -0.1) is 0 Å². The fourth-order valence-corrected chi connectivity index (χ4v) is 2.43. The third-order valence-electron chi connectivity index (χ3n) is 3.98. The Morgan fingerprint density at radius 2 is 1.83 bits per heavy atom. The van der Waals surface area contributed by atoms with E-state index in [-0.39, 0.29) is 0 Å². The fourth-order valence-electron chi connectivity index (χ4n) is 2.43. The molecular weight excluding hydrogens is 224 g/mol. The van der Waals surface area contributed by atoms with Crippen LogP contribution in [0, 0.1) is 0 Å². The predicted molar refractivity (Wildman–Crippen MR) is 76.5 cm³/mol. The molecule has 0 aliphatic carbocycles. The molecule has 0 atom stereocenters. The van der Waals surface area contributed by atoms with Crippen LogP contribution < -0.4 is 15.0 Å². The number of benzene rings is 1. The Bertz CT molecular complexity index is 367. The van der Waals surface area contributed by atoms with Crippen LogP contribution in [0.1, 0.15) is 26.7 Å². The van der Waals surface area contributed by atoms with E-state index in [2.05, 4.69) is 48.5 Å². The lowest BCUT2D eigenvalue weighted by molar-refractivity contribution is 0.305. The minimum Gasteiger partial charge on any atom is -0.494 e. The molecule has 1 aliphatic rings. The second kappa shape index (κ2) is 5.61. The molecule has 3 nitrogen and oxygen atoms in total. The predicted octanol–water partition coefficient (Wildman–Crippen LogP) is 2.66. The van der Waals surface area contributed by atoms with Gasteiger partial charge >= 0.3 is 0 Å². The first-order valence-electron chi connectivity index (χ1n) is 6.83. The van der Waals surface area contributed by atoms with Crippen molar-refractivity contribution in [2.24, 2.45) is 0 Å². The normalized spacial score (nSPS) is 18.7. The molecule has 0 unspecified atom stereocenters. The van der Waals surface area contributed by atoms with Crippen molar-refractivity contribution in [1.29, 1.82) is 0 Å². The Hall–Kier alpha value is -1.22. The van der Waals surface area contributed by atoms with Gasteiger partial charge < -0.3 is 15.0 Å². The summed E-state index contributed by atoms with van der Waals surface area (Å²) in [6.07, 6.45) is 2.38. The summed E-state index contributed by atoms with van der Waals surface area (Å²) >= 11 is 0. The first-order valence-corrected chi connectivity index (χ1v) is 6.83. The number of nitrogens with one attached hydrogen (secondary N) is 1. The molecule has 2 rings (SSSR count). The maximum Gasteiger partial charge on any atom is 0.119 e. The van der Waals surface area contributed by atoms with E-state index in [0.717, 1.165) is 25.4 Å². The molecule has 1 saturated heterocycles. The summed E-state index contributed by atoms with van der Waals surface area (Å²) in [7, 11) is 2.06. The van der Waals surface area contributed by atoms with Gasteiger partial charge in [0.1, 0.15) is 5.75 Å². The number of rotatable bonds is 4. The molecule has 0 spiro atoms. The van der Waals surface area contributed by atoms with E-state index < -0.39 is 0 Å². The van der Waals surface area contributed by atoms with E-state index in [1.54, 1.807) is 0 Å². The molecule has 1 aromatic rings. The van der Waals surface area contributed by atoms with Gasteiger partial charge in [-0.05, 0) is 58.0 Å². The van der Waals surface area contributed by atoms with E-state index >= 15 is 0 Å².